The normalized spacial score (nSPS) is 12.0. The van der Waals surface area contributed by atoms with Crippen LogP contribution in [-0.2, 0) is 4.79 Å². The Hall–Kier alpha value is -3.25. The molecule has 1 amide bonds. The molecule has 4 rings (SSSR count). The van der Waals surface area contributed by atoms with Crippen LogP contribution >= 0.6 is 11.8 Å². The lowest BCUT2D eigenvalue weighted by molar-refractivity contribution is -0.113. The molecule has 1 aromatic heterocycles. The number of benzene rings is 3. The van der Waals surface area contributed by atoms with Crippen LogP contribution in [0.25, 0.3) is 16.7 Å². The van der Waals surface area contributed by atoms with Crippen molar-refractivity contribution < 1.29 is 9.53 Å². The van der Waals surface area contributed by atoms with E-state index in [4.69, 9.17) is 9.72 Å². The predicted octanol–water partition coefficient (Wildman–Crippen LogP) is 6.28. The summed E-state index contributed by atoms with van der Waals surface area (Å²) in [6, 6.07) is 23.9. The van der Waals surface area contributed by atoms with Gasteiger partial charge in [-0.2, -0.15) is 0 Å². The van der Waals surface area contributed by atoms with Gasteiger partial charge >= 0.3 is 0 Å². The quantitative estimate of drug-likeness (QED) is 0.324. The van der Waals surface area contributed by atoms with Gasteiger partial charge in [0.2, 0.25) is 5.91 Å². The number of rotatable bonds is 8. The van der Waals surface area contributed by atoms with E-state index in [1.165, 1.54) is 17.3 Å². The van der Waals surface area contributed by atoms with E-state index in [1.54, 1.807) is 7.11 Å². The number of ether oxygens (including phenoxy) is 1. The summed E-state index contributed by atoms with van der Waals surface area (Å²) in [6.45, 7) is 4.33. The lowest BCUT2D eigenvalue weighted by atomic mass is 9.97. The second kappa shape index (κ2) is 9.92. The monoisotopic (exact) mass is 445 g/mol. The molecule has 5 nitrogen and oxygen atoms in total. The van der Waals surface area contributed by atoms with Gasteiger partial charge in [0.15, 0.2) is 5.16 Å². The van der Waals surface area contributed by atoms with Gasteiger partial charge in [-0.15, -0.1) is 0 Å². The van der Waals surface area contributed by atoms with Gasteiger partial charge in [0, 0.05) is 11.4 Å². The molecule has 1 atom stereocenters. The van der Waals surface area contributed by atoms with E-state index < -0.39 is 0 Å². The fourth-order valence-electron chi connectivity index (χ4n) is 3.66. The van der Waals surface area contributed by atoms with Gasteiger partial charge in [0.1, 0.15) is 5.75 Å². The summed E-state index contributed by atoms with van der Waals surface area (Å²) in [7, 11) is 1.65. The number of fused-ring (bicyclic) bond motifs is 1. The molecule has 164 valence electrons. The summed E-state index contributed by atoms with van der Waals surface area (Å²) in [5, 5.41) is 3.87. The SMILES string of the molecule is CCC(C)c1ccccc1NC(=O)CSc1nc2ccccc2n1-c1ccc(OC)cc1. The van der Waals surface area contributed by atoms with Crippen molar-refractivity contribution in [2.45, 2.75) is 31.3 Å². The van der Waals surface area contributed by atoms with E-state index in [9.17, 15) is 4.79 Å². The van der Waals surface area contributed by atoms with Crippen LogP contribution in [0.5, 0.6) is 5.75 Å². The molecular weight excluding hydrogens is 418 g/mol. The van der Waals surface area contributed by atoms with Crippen LogP contribution in [0.15, 0.2) is 78.0 Å². The van der Waals surface area contributed by atoms with Crippen LogP contribution < -0.4 is 10.1 Å². The van der Waals surface area contributed by atoms with Crippen LogP contribution in [0.1, 0.15) is 31.7 Å². The third-order valence-corrected chi connectivity index (χ3v) is 6.51. The molecule has 1 N–H and O–H groups in total. The minimum absolute atomic E-state index is 0.0425. The first-order valence-corrected chi connectivity index (χ1v) is 11.7. The molecule has 0 aliphatic heterocycles. The Labute approximate surface area is 192 Å². The smallest absolute Gasteiger partial charge is 0.234 e. The largest absolute Gasteiger partial charge is 0.497 e. The highest BCUT2D eigenvalue weighted by molar-refractivity contribution is 7.99. The first-order valence-electron chi connectivity index (χ1n) is 10.7. The van der Waals surface area contributed by atoms with E-state index in [0.717, 1.165) is 39.7 Å². The number of hydrogen-bond donors (Lipinski definition) is 1. The number of hydrogen-bond acceptors (Lipinski definition) is 4. The average molecular weight is 446 g/mol. The fourth-order valence-corrected chi connectivity index (χ4v) is 4.49. The Bertz CT molecular complexity index is 1220. The summed E-state index contributed by atoms with van der Waals surface area (Å²) in [5.41, 5.74) is 4.93. The summed E-state index contributed by atoms with van der Waals surface area (Å²) >= 11 is 1.43. The van der Waals surface area contributed by atoms with E-state index in [-0.39, 0.29) is 11.7 Å². The minimum atomic E-state index is -0.0425. The van der Waals surface area contributed by atoms with Crippen molar-refractivity contribution >= 4 is 34.4 Å². The van der Waals surface area contributed by atoms with E-state index >= 15 is 0 Å². The standard InChI is InChI=1S/C26H27N3O2S/c1-4-18(2)21-9-5-6-10-22(21)27-25(30)17-32-26-28-23-11-7-8-12-24(23)29(26)19-13-15-20(31-3)16-14-19/h5-16,18H,4,17H2,1-3H3,(H,27,30). The molecule has 0 aliphatic carbocycles. The Morgan fingerprint density at radius 2 is 1.78 bits per heavy atom. The number of amides is 1. The maximum absolute atomic E-state index is 12.8. The van der Waals surface area contributed by atoms with Gasteiger partial charge in [-0.05, 0) is 60.4 Å². The number of carbonyl (C=O) groups excluding carboxylic acids is 1. The number of aromatic nitrogens is 2. The second-order valence-electron chi connectivity index (χ2n) is 7.65. The van der Waals surface area contributed by atoms with Crippen molar-refractivity contribution in [2.24, 2.45) is 0 Å². The molecule has 0 saturated heterocycles. The van der Waals surface area contributed by atoms with Gasteiger partial charge < -0.3 is 10.1 Å². The molecule has 1 heterocycles. The molecule has 0 saturated carbocycles. The van der Waals surface area contributed by atoms with Gasteiger partial charge in [-0.1, -0.05) is 55.9 Å². The first kappa shape index (κ1) is 22.0. The Morgan fingerprint density at radius 1 is 1.06 bits per heavy atom. The topological polar surface area (TPSA) is 56.2 Å². The molecule has 0 radical (unpaired) electrons. The molecular formula is C26H27N3O2S. The van der Waals surface area contributed by atoms with Gasteiger partial charge in [-0.25, -0.2) is 4.98 Å². The minimum Gasteiger partial charge on any atom is -0.497 e. The molecule has 0 spiro atoms. The Kier molecular flexibility index (Phi) is 6.81. The van der Waals surface area contributed by atoms with Crippen molar-refractivity contribution in [1.29, 1.82) is 0 Å². The number of imidazole rings is 1. The zero-order valence-corrected chi connectivity index (χ0v) is 19.4. The number of para-hydroxylation sites is 3. The zero-order valence-electron chi connectivity index (χ0n) is 18.5. The lowest BCUT2D eigenvalue weighted by Gasteiger charge is -2.15. The van der Waals surface area contributed by atoms with Crippen LogP contribution in [0, 0.1) is 0 Å². The number of carbonyl (C=O) groups is 1. The van der Waals surface area contributed by atoms with Crippen LogP contribution in [-0.4, -0.2) is 28.3 Å². The van der Waals surface area contributed by atoms with E-state index in [0.29, 0.717) is 5.92 Å². The van der Waals surface area contributed by atoms with E-state index in [1.807, 2.05) is 66.7 Å². The number of methoxy groups -OCH3 is 1. The highest BCUT2D eigenvalue weighted by Gasteiger charge is 2.16. The van der Waals surface area contributed by atoms with E-state index in [2.05, 4.69) is 29.8 Å². The summed E-state index contributed by atoms with van der Waals surface area (Å²) in [6.07, 6.45) is 1.02. The number of anilines is 1. The van der Waals surface area contributed by atoms with Crippen molar-refractivity contribution in [2.75, 3.05) is 18.2 Å². The summed E-state index contributed by atoms with van der Waals surface area (Å²) < 4.78 is 7.37. The maximum atomic E-state index is 12.8. The van der Waals surface area contributed by atoms with Gasteiger partial charge in [-0.3, -0.25) is 9.36 Å². The number of nitrogens with one attached hydrogen (secondary N) is 1. The van der Waals surface area contributed by atoms with Crippen molar-refractivity contribution in [1.82, 2.24) is 9.55 Å². The lowest BCUT2D eigenvalue weighted by Crippen LogP contribution is -2.16. The van der Waals surface area contributed by atoms with Crippen molar-refractivity contribution in [3.05, 3.63) is 78.4 Å². The zero-order chi connectivity index (χ0) is 22.5. The molecule has 3 aromatic carbocycles. The molecule has 1 unspecified atom stereocenters. The van der Waals surface area contributed by atoms with Crippen LogP contribution in [0.2, 0.25) is 0 Å². The third-order valence-electron chi connectivity index (χ3n) is 5.57. The summed E-state index contributed by atoms with van der Waals surface area (Å²) in [4.78, 5) is 17.6. The molecule has 0 aliphatic rings. The maximum Gasteiger partial charge on any atom is 0.234 e. The van der Waals surface area contributed by atoms with Crippen LogP contribution in [0.3, 0.4) is 0 Å². The fraction of sp³-hybridized carbons (Fsp3) is 0.231. The van der Waals surface area contributed by atoms with Crippen molar-refractivity contribution in [3.8, 4) is 11.4 Å². The first-order chi connectivity index (χ1) is 15.6. The Morgan fingerprint density at radius 3 is 2.53 bits per heavy atom. The molecule has 6 heteroatoms. The van der Waals surface area contributed by atoms with Crippen LogP contribution in [0.4, 0.5) is 5.69 Å². The van der Waals surface area contributed by atoms with Crippen molar-refractivity contribution in [3.63, 3.8) is 0 Å². The second-order valence-corrected chi connectivity index (χ2v) is 8.59. The van der Waals surface area contributed by atoms with Gasteiger partial charge in [0.05, 0.1) is 23.9 Å². The Balaban J connectivity index is 1.57. The highest BCUT2D eigenvalue weighted by atomic mass is 32.2. The number of nitrogens with zero attached hydrogens (tertiary/aromatic N) is 2. The predicted molar refractivity (Wildman–Crippen MR) is 132 cm³/mol. The third kappa shape index (κ3) is 4.65. The molecule has 0 fully saturated rings. The molecule has 4 aromatic rings. The molecule has 0 bridgehead atoms. The average Bonchev–Trinajstić information content (AvgIpc) is 3.21. The molecule has 32 heavy (non-hydrogen) atoms. The van der Waals surface area contributed by atoms with Gasteiger partial charge in [0.25, 0.3) is 0 Å². The number of thioether (sulfide) groups is 1. The summed E-state index contributed by atoms with van der Waals surface area (Å²) in [5.74, 6) is 1.41. The highest BCUT2D eigenvalue weighted by Crippen LogP contribution is 2.30.